The number of hydrogen-bond acceptors (Lipinski definition) is 4. The predicted molar refractivity (Wildman–Crippen MR) is 56.3 cm³/mol. The Balaban J connectivity index is 2.33. The summed E-state index contributed by atoms with van der Waals surface area (Å²) >= 11 is 1.38. The number of aromatic nitrogens is 2. The van der Waals surface area contributed by atoms with Crippen molar-refractivity contribution in [1.29, 1.82) is 0 Å². The highest BCUT2D eigenvalue weighted by molar-refractivity contribution is 7.05. The lowest BCUT2D eigenvalue weighted by atomic mass is 10.4. The van der Waals surface area contributed by atoms with E-state index in [-0.39, 0.29) is 5.56 Å². The second-order valence-corrected chi connectivity index (χ2v) is 3.83. The van der Waals surface area contributed by atoms with E-state index in [0.717, 1.165) is 4.88 Å². The molecule has 0 bridgehead atoms. The largest absolute Gasteiger partial charge is 0.398 e. The maximum atomic E-state index is 11.4. The first kappa shape index (κ1) is 8.96. The van der Waals surface area contributed by atoms with E-state index in [1.165, 1.54) is 17.6 Å². The third-order valence-corrected chi connectivity index (χ3v) is 2.55. The highest BCUT2D eigenvalue weighted by atomic mass is 32.1. The summed E-state index contributed by atoms with van der Waals surface area (Å²) in [5.74, 6) is 0. The maximum absolute atomic E-state index is 11.4. The molecule has 0 radical (unpaired) electrons. The van der Waals surface area contributed by atoms with E-state index in [1.807, 2.05) is 6.07 Å². The Kier molecular flexibility index (Phi) is 2.32. The van der Waals surface area contributed by atoms with Gasteiger partial charge in [0.2, 0.25) is 0 Å². The number of nitrogens with two attached hydrogens (primary N) is 1. The molecule has 2 N–H and O–H groups in total. The van der Waals surface area contributed by atoms with Crippen LogP contribution < -0.4 is 11.3 Å². The molecule has 0 fully saturated rings. The van der Waals surface area contributed by atoms with E-state index >= 15 is 0 Å². The van der Waals surface area contributed by atoms with Gasteiger partial charge in [-0.05, 0) is 23.7 Å². The van der Waals surface area contributed by atoms with E-state index in [4.69, 9.17) is 5.73 Å². The van der Waals surface area contributed by atoms with E-state index in [9.17, 15) is 4.79 Å². The first-order valence-electron chi connectivity index (χ1n) is 4.11. The molecule has 0 aliphatic rings. The average molecular weight is 207 g/mol. The number of rotatable bonds is 2. The van der Waals surface area contributed by atoms with E-state index < -0.39 is 0 Å². The minimum absolute atomic E-state index is 0.0485. The average Bonchev–Trinajstić information content (AvgIpc) is 2.64. The Morgan fingerprint density at radius 3 is 3.00 bits per heavy atom. The fraction of sp³-hybridized carbons (Fsp3) is 0.111. The molecule has 14 heavy (non-hydrogen) atoms. The van der Waals surface area contributed by atoms with Crippen LogP contribution in [0.4, 0.5) is 5.69 Å². The lowest BCUT2D eigenvalue weighted by Crippen LogP contribution is -2.18. The Morgan fingerprint density at radius 1 is 1.43 bits per heavy atom. The minimum Gasteiger partial charge on any atom is -0.398 e. The molecule has 0 saturated heterocycles. The minimum atomic E-state index is -0.0485. The van der Waals surface area contributed by atoms with Crippen LogP contribution in [0.2, 0.25) is 0 Å². The summed E-state index contributed by atoms with van der Waals surface area (Å²) in [6.45, 7) is 0.536. The van der Waals surface area contributed by atoms with Crippen molar-refractivity contribution in [2.24, 2.45) is 0 Å². The first-order valence-corrected chi connectivity index (χ1v) is 4.88. The van der Waals surface area contributed by atoms with Crippen LogP contribution in [-0.4, -0.2) is 8.94 Å². The topological polar surface area (TPSA) is 60.9 Å². The Hall–Kier alpha value is -1.62. The maximum Gasteiger partial charge on any atom is 0.250 e. The van der Waals surface area contributed by atoms with Crippen LogP contribution >= 0.6 is 11.5 Å². The van der Waals surface area contributed by atoms with Gasteiger partial charge in [0.15, 0.2) is 0 Å². The molecule has 0 spiro atoms. The van der Waals surface area contributed by atoms with Gasteiger partial charge in [-0.3, -0.25) is 4.79 Å². The molecule has 0 aliphatic heterocycles. The van der Waals surface area contributed by atoms with Crippen molar-refractivity contribution in [3.05, 3.63) is 45.8 Å². The number of nitrogen functional groups attached to an aromatic ring is 1. The van der Waals surface area contributed by atoms with E-state index in [0.29, 0.717) is 12.2 Å². The highest BCUT2D eigenvalue weighted by Gasteiger charge is 1.99. The van der Waals surface area contributed by atoms with Crippen LogP contribution in [0.3, 0.4) is 0 Å². The summed E-state index contributed by atoms with van der Waals surface area (Å²) < 4.78 is 5.54. The molecule has 2 rings (SSSR count). The van der Waals surface area contributed by atoms with Crippen LogP contribution in [0.25, 0.3) is 0 Å². The van der Waals surface area contributed by atoms with Gasteiger partial charge in [-0.25, -0.2) is 4.37 Å². The van der Waals surface area contributed by atoms with Crippen LogP contribution in [0.15, 0.2) is 35.4 Å². The van der Waals surface area contributed by atoms with Gasteiger partial charge in [0.1, 0.15) is 0 Å². The molecule has 72 valence electrons. The zero-order chi connectivity index (χ0) is 9.97. The van der Waals surface area contributed by atoms with Gasteiger partial charge >= 0.3 is 0 Å². The van der Waals surface area contributed by atoms with Gasteiger partial charge in [0.05, 0.1) is 6.54 Å². The van der Waals surface area contributed by atoms with Crippen molar-refractivity contribution in [2.75, 3.05) is 5.73 Å². The zero-order valence-corrected chi connectivity index (χ0v) is 8.20. The normalized spacial score (nSPS) is 10.3. The van der Waals surface area contributed by atoms with Crippen LogP contribution in [-0.2, 0) is 6.54 Å². The second-order valence-electron chi connectivity index (χ2n) is 2.91. The molecule has 2 aromatic heterocycles. The lowest BCUT2D eigenvalue weighted by Gasteiger charge is -2.03. The highest BCUT2D eigenvalue weighted by Crippen LogP contribution is 2.06. The molecule has 0 amide bonds. The molecular weight excluding hydrogens is 198 g/mol. The van der Waals surface area contributed by atoms with Gasteiger partial charge in [-0.1, -0.05) is 0 Å². The second kappa shape index (κ2) is 3.63. The van der Waals surface area contributed by atoms with Gasteiger partial charge in [0.25, 0.3) is 5.56 Å². The lowest BCUT2D eigenvalue weighted by molar-refractivity contribution is 0.772. The van der Waals surface area contributed by atoms with Crippen molar-refractivity contribution < 1.29 is 0 Å². The third kappa shape index (κ3) is 1.82. The first-order chi connectivity index (χ1) is 6.75. The van der Waals surface area contributed by atoms with Crippen LogP contribution in [0.1, 0.15) is 4.88 Å². The van der Waals surface area contributed by atoms with Crippen molar-refractivity contribution in [1.82, 2.24) is 8.94 Å². The monoisotopic (exact) mass is 207 g/mol. The fourth-order valence-electron chi connectivity index (χ4n) is 1.16. The summed E-state index contributed by atoms with van der Waals surface area (Å²) in [7, 11) is 0. The van der Waals surface area contributed by atoms with E-state index in [2.05, 4.69) is 4.37 Å². The van der Waals surface area contributed by atoms with E-state index in [1.54, 1.807) is 23.0 Å². The van der Waals surface area contributed by atoms with Crippen molar-refractivity contribution in [3.63, 3.8) is 0 Å². The number of hydrogen-bond donors (Lipinski definition) is 1. The zero-order valence-electron chi connectivity index (χ0n) is 7.38. The van der Waals surface area contributed by atoms with Crippen molar-refractivity contribution >= 4 is 17.2 Å². The number of pyridine rings is 1. The Labute approximate surface area is 84.8 Å². The Morgan fingerprint density at radius 2 is 2.29 bits per heavy atom. The molecule has 0 aliphatic carbocycles. The van der Waals surface area contributed by atoms with Crippen molar-refractivity contribution in [2.45, 2.75) is 6.54 Å². The summed E-state index contributed by atoms with van der Waals surface area (Å²) in [5, 5.41) is 0. The Bertz CT molecular complexity index is 475. The molecule has 0 atom stereocenters. The molecule has 0 aromatic carbocycles. The van der Waals surface area contributed by atoms with Gasteiger partial charge in [0, 0.05) is 29.0 Å². The standard InChI is InChI=1S/C9H9N3OS/c10-7-1-2-9(13)12(5-7)6-8-3-4-11-14-8/h1-5H,6,10H2. The van der Waals surface area contributed by atoms with Crippen LogP contribution in [0.5, 0.6) is 0 Å². The molecule has 0 unspecified atom stereocenters. The quantitative estimate of drug-likeness (QED) is 0.797. The summed E-state index contributed by atoms with van der Waals surface area (Å²) in [6, 6.07) is 4.96. The smallest absolute Gasteiger partial charge is 0.250 e. The molecule has 2 heterocycles. The number of nitrogens with zero attached hydrogens (tertiary/aromatic N) is 2. The fourth-order valence-corrected chi connectivity index (χ4v) is 1.74. The summed E-state index contributed by atoms with van der Waals surface area (Å²) in [5.41, 5.74) is 6.13. The summed E-state index contributed by atoms with van der Waals surface area (Å²) in [6.07, 6.45) is 3.36. The SMILES string of the molecule is Nc1ccc(=O)n(Cc2ccns2)c1. The van der Waals surface area contributed by atoms with Crippen LogP contribution in [0, 0.1) is 0 Å². The molecule has 0 saturated carbocycles. The molecular formula is C9H9N3OS. The van der Waals surface area contributed by atoms with Gasteiger partial charge < -0.3 is 10.3 Å². The molecule has 5 heteroatoms. The third-order valence-electron chi connectivity index (χ3n) is 1.82. The molecule has 2 aromatic rings. The van der Waals surface area contributed by atoms with Gasteiger partial charge in [-0.2, -0.15) is 0 Å². The predicted octanol–water partition coefficient (Wildman–Crippen LogP) is 0.935. The molecule has 4 nitrogen and oxygen atoms in total. The number of anilines is 1. The summed E-state index contributed by atoms with van der Waals surface area (Å²) in [4.78, 5) is 12.4. The van der Waals surface area contributed by atoms with Crippen molar-refractivity contribution in [3.8, 4) is 0 Å². The van der Waals surface area contributed by atoms with Gasteiger partial charge in [-0.15, -0.1) is 0 Å².